The summed E-state index contributed by atoms with van der Waals surface area (Å²) in [5.41, 5.74) is 5.27. The Hall–Kier alpha value is -2.62. The lowest BCUT2D eigenvalue weighted by molar-refractivity contribution is 0.100. The highest BCUT2D eigenvalue weighted by molar-refractivity contribution is 7.20. The number of nitrogens with zero attached hydrogens (tertiary/aromatic N) is 2. The third-order valence-electron chi connectivity index (χ3n) is 3.95. The van der Waals surface area contributed by atoms with Crippen LogP contribution in [0.15, 0.2) is 30.3 Å². The molecule has 0 aliphatic heterocycles. The molecule has 1 unspecified atom stereocenters. The van der Waals surface area contributed by atoms with Crippen LogP contribution in [-0.2, 0) is 0 Å². The van der Waals surface area contributed by atoms with Crippen LogP contribution in [0.4, 0.5) is 19.6 Å². The number of nitrogens with two attached hydrogens (primary N) is 1. The smallest absolute Gasteiger partial charge is 0.251 e. The monoisotopic (exact) mass is 424 g/mol. The molecule has 0 aliphatic rings. The fourth-order valence-electron chi connectivity index (χ4n) is 2.55. The Bertz CT molecular complexity index is 1000. The van der Waals surface area contributed by atoms with Gasteiger partial charge in [0.25, 0.3) is 5.91 Å². The number of carbonyl (C=O) groups is 1. The average Bonchev–Trinajstić information content (AvgIpc) is 3.06. The van der Waals surface area contributed by atoms with E-state index in [1.165, 1.54) is 18.2 Å². The van der Waals surface area contributed by atoms with E-state index in [4.69, 9.17) is 17.3 Å². The Labute approximate surface area is 168 Å². The van der Waals surface area contributed by atoms with Gasteiger partial charge in [0.05, 0.1) is 17.2 Å². The van der Waals surface area contributed by atoms with Crippen LogP contribution in [0.1, 0.15) is 35.4 Å². The number of anilines is 2. The van der Waals surface area contributed by atoms with Crippen LogP contribution in [0, 0.1) is 11.6 Å². The summed E-state index contributed by atoms with van der Waals surface area (Å²) in [4.78, 5) is 11.9. The van der Waals surface area contributed by atoms with Crippen molar-refractivity contribution in [2.45, 2.75) is 19.4 Å². The number of primary amides is 1. The van der Waals surface area contributed by atoms with Gasteiger partial charge in [0, 0.05) is 4.88 Å². The number of nitrogens with one attached hydrogen (secondary N) is 1. The van der Waals surface area contributed by atoms with Gasteiger partial charge >= 0.3 is 0 Å². The third-order valence-corrected chi connectivity index (χ3v) is 5.22. The second-order valence-electron chi connectivity index (χ2n) is 5.87. The topological polar surface area (TPSA) is 101 Å². The molecule has 0 fully saturated rings. The van der Waals surface area contributed by atoms with E-state index < -0.39 is 23.6 Å². The first-order valence-electron chi connectivity index (χ1n) is 8.17. The summed E-state index contributed by atoms with van der Waals surface area (Å²) in [5.74, 6) is -2.19. The molecule has 0 aliphatic carbocycles. The Balaban J connectivity index is 2.04. The highest BCUT2D eigenvalue weighted by Gasteiger charge is 2.22. The van der Waals surface area contributed by atoms with Crippen molar-refractivity contribution in [3.63, 3.8) is 0 Å². The van der Waals surface area contributed by atoms with E-state index in [1.54, 1.807) is 6.92 Å². The number of aliphatic hydroxyl groups excluding tert-OH is 1. The van der Waals surface area contributed by atoms with Crippen molar-refractivity contribution in [3.05, 3.63) is 58.2 Å². The van der Waals surface area contributed by atoms with Crippen molar-refractivity contribution in [2.75, 3.05) is 5.32 Å². The first-order chi connectivity index (χ1) is 13.3. The summed E-state index contributed by atoms with van der Waals surface area (Å²) in [7, 11) is 0. The molecule has 4 N–H and O–H groups in total. The maximum absolute atomic E-state index is 14.6. The van der Waals surface area contributed by atoms with E-state index in [9.17, 15) is 18.7 Å². The third kappa shape index (κ3) is 4.11. The van der Waals surface area contributed by atoms with Gasteiger partial charge in [-0.05, 0) is 42.3 Å². The van der Waals surface area contributed by atoms with Crippen LogP contribution < -0.4 is 11.1 Å². The molecule has 6 nitrogen and oxygen atoms in total. The molecule has 1 aromatic carbocycles. The van der Waals surface area contributed by atoms with Crippen molar-refractivity contribution in [2.24, 2.45) is 5.73 Å². The van der Waals surface area contributed by atoms with Gasteiger partial charge in [-0.3, -0.25) is 4.79 Å². The zero-order valence-corrected chi connectivity index (χ0v) is 16.1. The number of benzene rings is 1. The van der Waals surface area contributed by atoms with Crippen LogP contribution >= 0.6 is 22.9 Å². The second-order valence-corrected chi connectivity index (χ2v) is 7.31. The number of rotatable bonds is 6. The molecule has 0 radical (unpaired) electrons. The lowest BCUT2D eigenvalue weighted by Gasteiger charge is -2.11. The molecule has 0 saturated carbocycles. The van der Waals surface area contributed by atoms with E-state index in [0.29, 0.717) is 6.42 Å². The largest absolute Gasteiger partial charge is 0.388 e. The van der Waals surface area contributed by atoms with Crippen molar-refractivity contribution < 1.29 is 18.7 Å². The molecule has 0 saturated heterocycles. The minimum absolute atomic E-state index is 0.0493. The Morgan fingerprint density at radius 3 is 2.50 bits per heavy atom. The van der Waals surface area contributed by atoms with Crippen molar-refractivity contribution in [3.8, 4) is 10.4 Å². The predicted octanol–water partition coefficient (Wildman–Crippen LogP) is 4.42. The number of amides is 1. The summed E-state index contributed by atoms with van der Waals surface area (Å²) >= 11 is 6.62. The fourth-order valence-corrected chi connectivity index (χ4v) is 3.76. The first kappa shape index (κ1) is 20.1. The Morgan fingerprint density at radius 1 is 1.29 bits per heavy atom. The fraction of sp³-hybridized carbons (Fsp3) is 0.167. The Morgan fingerprint density at radius 2 is 1.96 bits per heavy atom. The molecule has 146 valence electrons. The van der Waals surface area contributed by atoms with Gasteiger partial charge < -0.3 is 16.2 Å². The second kappa shape index (κ2) is 8.17. The minimum Gasteiger partial charge on any atom is -0.388 e. The molecule has 0 spiro atoms. The van der Waals surface area contributed by atoms with Crippen LogP contribution in [0.5, 0.6) is 0 Å². The average molecular weight is 425 g/mol. The lowest BCUT2D eigenvalue weighted by atomic mass is 10.0. The summed E-state index contributed by atoms with van der Waals surface area (Å²) < 4.78 is 29.2. The molecule has 1 atom stereocenters. The van der Waals surface area contributed by atoms with Crippen LogP contribution in [0.3, 0.4) is 0 Å². The number of halogens is 3. The lowest BCUT2D eigenvalue weighted by Crippen LogP contribution is -2.11. The standard InChI is InChI=1S/C18H15ClF2N4O2S/c1-2-12(26)8-5-10(20)16(11(21)6-8)13-7-9(17(22)27)18(28-13)23-15-4-3-14(19)24-25-15/h3-7,12,26H,2H2,1H3,(H2,22,27)(H,23,25). The summed E-state index contributed by atoms with van der Waals surface area (Å²) in [6.07, 6.45) is -0.650. The van der Waals surface area contributed by atoms with Crippen LogP contribution in [-0.4, -0.2) is 21.2 Å². The van der Waals surface area contributed by atoms with Gasteiger partial charge in [-0.25, -0.2) is 8.78 Å². The number of aromatic nitrogens is 2. The van der Waals surface area contributed by atoms with E-state index in [2.05, 4.69) is 15.5 Å². The molecular weight excluding hydrogens is 410 g/mol. The number of aliphatic hydroxyl groups is 1. The molecule has 3 rings (SSSR count). The van der Waals surface area contributed by atoms with Gasteiger partial charge in [0.15, 0.2) is 11.0 Å². The van der Waals surface area contributed by atoms with Crippen LogP contribution in [0.25, 0.3) is 10.4 Å². The van der Waals surface area contributed by atoms with E-state index in [0.717, 1.165) is 23.5 Å². The minimum atomic E-state index is -0.969. The van der Waals surface area contributed by atoms with Gasteiger partial charge in [0.1, 0.15) is 16.6 Å². The number of thiophene rings is 1. The summed E-state index contributed by atoms with van der Waals surface area (Å²) in [6.45, 7) is 1.70. The molecule has 2 aromatic heterocycles. The van der Waals surface area contributed by atoms with Crippen LogP contribution in [0.2, 0.25) is 5.15 Å². The summed E-state index contributed by atoms with van der Waals surface area (Å²) in [6, 6.07) is 6.48. The number of carbonyl (C=O) groups excluding carboxylic acids is 1. The van der Waals surface area contributed by atoms with Gasteiger partial charge in [-0.2, -0.15) is 0 Å². The molecular formula is C18H15ClF2N4O2S. The zero-order chi connectivity index (χ0) is 20.4. The first-order valence-corrected chi connectivity index (χ1v) is 9.36. The highest BCUT2D eigenvalue weighted by Crippen LogP contribution is 2.39. The van der Waals surface area contributed by atoms with Gasteiger partial charge in [0.2, 0.25) is 0 Å². The van der Waals surface area contributed by atoms with Crippen molar-refractivity contribution >= 4 is 39.7 Å². The molecule has 10 heteroatoms. The zero-order valence-electron chi connectivity index (χ0n) is 14.5. The molecule has 0 bridgehead atoms. The van der Waals surface area contributed by atoms with E-state index >= 15 is 0 Å². The Kier molecular flexibility index (Phi) is 5.87. The quantitative estimate of drug-likeness (QED) is 0.543. The number of hydrogen-bond acceptors (Lipinski definition) is 6. The van der Waals surface area contributed by atoms with Gasteiger partial charge in [-0.15, -0.1) is 21.5 Å². The van der Waals surface area contributed by atoms with Crippen molar-refractivity contribution in [1.29, 1.82) is 0 Å². The normalized spacial score (nSPS) is 12.0. The van der Waals surface area contributed by atoms with E-state index in [1.807, 2.05) is 0 Å². The van der Waals surface area contributed by atoms with Gasteiger partial charge in [-0.1, -0.05) is 18.5 Å². The molecule has 3 aromatic rings. The number of hydrogen-bond donors (Lipinski definition) is 3. The molecule has 1 amide bonds. The molecule has 2 heterocycles. The summed E-state index contributed by atoms with van der Waals surface area (Å²) in [5, 5.41) is 20.6. The SMILES string of the molecule is CCC(O)c1cc(F)c(-c2cc(C(N)=O)c(Nc3ccc(Cl)nn3)s2)c(F)c1. The highest BCUT2D eigenvalue weighted by atomic mass is 35.5. The van der Waals surface area contributed by atoms with Crippen molar-refractivity contribution in [1.82, 2.24) is 10.2 Å². The maximum atomic E-state index is 14.6. The molecule has 28 heavy (non-hydrogen) atoms. The maximum Gasteiger partial charge on any atom is 0.251 e. The van der Waals surface area contributed by atoms with E-state index in [-0.39, 0.29) is 37.5 Å². The predicted molar refractivity (Wildman–Crippen MR) is 104 cm³/mol.